The summed E-state index contributed by atoms with van der Waals surface area (Å²) in [5, 5.41) is 0. The molecule has 30 heavy (non-hydrogen) atoms. The zero-order valence-electron chi connectivity index (χ0n) is 17.6. The SMILES string of the molecule is Cc1nccn1CC1CCN(Cc2nc3ccccc3n2Cc2ccccc2)CC1. The third kappa shape index (κ3) is 4.03. The summed E-state index contributed by atoms with van der Waals surface area (Å²) in [6.07, 6.45) is 6.47. The van der Waals surface area contributed by atoms with Crippen molar-refractivity contribution in [2.45, 2.75) is 39.4 Å². The van der Waals surface area contributed by atoms with Gasteiger partial charge in [-0.2, -0.15) is 0 Å². The third-order valence-electron chi connectivity index (χ3n) is 6.37. The van der Waals surface area contributed by atoms with Crippen LogP contribution in [0.4, 0.5) is 0 Å². The second-order valence-corrected chi connectivity index (χ2v) is 8.43. The van der Waals surface area contributed by atoms with E-state index in [0.717, 1.165) is 50.0 Å². The molecule has 0 spiro atoms. The van der Waals surface area contributed by atoms with Crippen molar-refractivity contribution in [1.29, 1.82) is 0 Å². The molecule has 0 unspecified atom stereocenters. The van der Waals surface area contributed by atoms with Crippen LogP contribution in [0.3, 0.4) is 0 Å². The number of rotatable bonds is 6. The van der Waals surface area contributed by atoms with Gasteiger partial charge in [0.05, 0.1) is 17.6 Å². The number of hydrogen-bond donors (Lipinski definition) is 0. The Morgan fingerprint density at radius 3 is 2.47 bits per heavy atom. The van der Waals surface area contributed by atoms with E-state index in [9.17, 15) is 0 Å². The Kier molecular flexibility index (Phi) is 5.37. The molecule has 2 aromatic heterocycles. The molecule has 0 amide bonds. The number of aromatic nitrogens is 4. The van der Waals surface area contributed by atoms with Gasteiger partial charge in [0.2, 0.25) is 0 Å². The van der Waals surface area contributed by atoms with Crippen LogP contribution in [0.15, 0.2) is 67.0 Å². The Morgan fingerprint density at radius 1 is 0.933 bits per heavy atom. The van der Waals surface area contributed by atoms with E-state index in [0.29, 0.717) is 0 Å². The molecule has 1 saturated heterocycles. The molecular weight excluding hydrogens is 370 g/mol. The Morgan fingerprint density at radius 2 is 1.70 bits per heavy atom. The number of likely N-dealkylation sites (tertiary alicyclic amines) is 1. The fourth-order valence-electron chi connectivity index (χ4n) is 4.59. The van der Waals surface area contributed by atoms with E-state index < -0.39 is 0 Å². The first kappa shape index (κ1) is 19.1. The Bertz CT molecular complexity index is 1100. The number of nitrogens with zero attached hydrogens (tertiary/aromatic N) is 5. The van der Waals surface area contributed by atoms with Crippen molar-refractivity contribution in [3.63, 3.8) is 0 Å². The molecule has 5 rings (SSSR count). The van der Waals surface area contributed by atoms with E-state index in [-0.39, 0.29) is 0 Å². The summed E-state index contributed by atoms with van der Waals surface area (Å²) in [6, 6.07) is 19.2. The van der Waals surface area contributed by atoms with Gasteiger partial charge < -0.3 is 9.13 Å². The zero-order valence-corrected chi connectivity index (χ0v) is 17.6. The summed E-state index contributed by atoms with van der Waals surface area (Å²) < 4.78 is 4.69. The fraction of sp³-hybridized carbons (Fsp3) is 0.360. The van der Waals surface area contributed by atoms with Crippen molar-refractivity contribution in [3.8, 4) is 0 Å². The van der Waals surface area contributed by atoms with E-state index in [4.69, 9.17) is 4.98 Å². The van der Waals surface area contributed by atoms with Gasteiger partial charge in [0.1, 0.15) is 11.6 Å². The molecule has 154 valence electrons. The molecule has 0 atom stereocenters. The predicted octanol–water partition coefficient (Wildman–Crippen LogP) is 4.50. The molecule has 5 nitrogen and oxygen atoms in total. The van der Waals surface area contributed by atoms with E-state index in [1.165, 1.54) is 29.7 Å². The quantitative estimate of drug-likeness (QED) is 0.479. The van der Waals surface area contributed by atoms with Gasteiger partial charge in [-0.1, -0.05) is 42.5 Å². The molecule has 0 bridgehead atoms. The largest absolute Gasteiger partial charge is 0.335 e. The van der Waals surface area contributed by atoms with Crippen LogP contribution in [-0.2, 0) is 19.6 Å². The topological polar surface area (TPSA) is 38.9 Å². The number of hydrogen-bond acceptors (Lipinski definition) is 3. The molecule has 2 aromatic carbocycles. The minimum Gasteiger partial charge on any atom is -0.335 e. The molecule has 3 heterocycles. The maximum atomic E-state index is 5.00. The van der Waals surface area contributed by atoms with Crippen LogP contribution >= 0.6 is 0 Å². The smallest absolute Gasteiger partial charge is 0.124 e. The van der Waals surface area contributed by atoms with Crippen LogP contribution in [0.1, 0.15) is 30.1 Å². The Labute approximate surface area is 178 Å². The first-order valence-electron chi connectivity index (χ1n) is 10.9. The van der Waals surface area contributed by atoms with Gasteiger partial charge in [0.25, 0.3) is 0 Å². The van der Waals surface area contributed by atoms with Crippen LogP contribution in [0.2, 0.25) is 0 Å². The van der Waals surface area contributed by atoms with E-state index in [1.807, 2.05) is 6.20 Å². The van der Waals surface area contributed by atoms with Gasteiger partial charge in [0.15, 0.2) is 0 Å². The standard InChI is InChI=1S/C25H29N5/c1-20-26-13-16-29(20)17-22-11-14-28(15-12-22)19-25-27-23-9-5-6-10-24(23)30(25)18-21-7-3-2-4-8-21/h2-10,13,16,22H,11-12,14-15,17-19H2,1H3. The number of para-hydroxylation sites is 2. The maximum Gasteiger partial charge on any atom is 0.124 e. The second kappa shape index (κ2) is 8.44. The molecular formula is C25H29N5. The van der Waals surface area contributed by atoms with Crippen molar-refractivity contribution in [1.82, 2.24) is 24.0 Å². The van der Waals surface area contributed by atoms with Crippen molar-refractivity contribution >= 4 is 11.0 Å². The molecule has 0 radical (unpaired) electrons. The molecule has 1 aliphatic heterocycles. The lowest BCUT2D eigenvalue weighted by molar-refractivity contribution is 0.162. The highest BCUT2D eigenvalue weighted by atomic mass is 15.2. The van der Waals surface area contributed by atoms with Gasteiger partial charge in [-0.3, -0.25) is 4.90 Å². The van der Waals surface area contributed by atoms with Crippen LogP contribution in [0.5, 0.6) is 0 Å². The fourth-order valence-corrected chi connectivity index (χ4v) is 4.59. The van der Waals surface area contributed by atoms with Gasteiger partial charge in [-0.25, -0.2) is 9.97 Å². The van der Waals surface area contributed by atoms with Gasteiger partial charge >= 0.3 is 0 Å². The van der Waals surface area contributed by atoms with Gasteiger partial charge in [-0.05, 0) is 56.5 Å². The highest BCUT2D eigenvalue weighted by Gasteiger charge is 2.22. The lowest BCUT2D eigenvalue weighted by Crippen LogP contribution is -2.35. The summed E-state index contributed by atoms with van der Waals surface area (Å²) in [7, 11) is 0. The van der Waals surface area contributed by atoms with E-state index >= 15 is 0 Å². The lowest BCUT2D eigenvalue weighted by atomic mass is 9.96. The summed E-state index contributed by atoms with van der Waals surface area (Å²) in [5.41, 5.74) is 3.63. The average molecular weight is 400 g/mol. The molecule has 1 aliphatic rings. The monoisotopic (exact) mass is 399 g/mol. The first-order chi connectivity index (χ1) is 14.8. The first-order valence-corrected chi connectivity index (χ1v) is 10.9. The summed E-state index contributed by atoms with van der Waals surface area (Å²) >= 11 is 0. The summed E-state index contributed by atoms with van der Waals surface area (Å²) in [5.74, 6) is 3.02. The van der Waals surface area contributed by atoms with Crippen molar-refractivity contribution < 1.29 is 0 Å². The van der Waals surface area contributed by atoms with Gasteiger partial charge in [-0.15, -0.1) is 0 Å². The number of fused-ring (bicyclic) bond motifs is 1. The molecule has 5 heteroatoms. The third-order valence-corrected chi connectivity index (χ3v) is 6.37. The highest BCUT2D eigenvalue weighted by Crippen LogP contribution is 2.23. The number of benzene rings is 2. The van der Waals surface area contributed by atoms with Crippen molar-refractivity contribution in [2.24, 2.45) is 5.92 Å². The van der Waals surface area contributed by atoms with E-state index in [1.54, 1.807) is 0 Å². The Hall–Kier alpha value is -2.92. The number of imidazole rings is 2. The van der Waals surface area contributed by atoms with Crippen LogP contribution in [0, 0.1) is 12.8 Å². The van der Waals surface area contributed by atoms with Crippen LogP contribution < -0.4 is 0 Å². The van der Waals surface area contributed by atoms with Crippen molar-refractivity contribution in [3.05, 3.63) is 84.2 Å². The minimum atomic E-state index is 0.734. The normalized spacial score (nSPS) is 15.8. The number of aryl methyl sites for hydroxylation is 1. The summed E-state index contributed by atoms with van der Waals surface area (Å²) in [6.45, 7) is 7.23. The predicted molar refractivity (Wildman–Crippen MR) is 120 cm³/mol. The molecule has 4 aromatic rings. The Balaban J connectivity index is 1.30. The van der Waals surface area contributed by atoms with Gasteiger partial charge in [0, 0.05) is 25.5 Å². The lowest BCUT2D eigenvalue weighted by Gasteiger charge is -2.32. The second-order valence-electron chi connectivity index (χ2n) is 8.43. The highest BCUT2D eigenvalue weighted by molar-refractivity contribution is 5.76. The molecule has 0 saturated carbocycles. The minimum absolute atomic E-state index is 0.734. The van der Waals surface area contributed by atoms with Crippen molar-refractivity contribution in [2.75, 3.05) is 13.1 Å². The average Bonchev–Trinajstić information content (AvgIpc) is 3.33. The molecule has 0 N–H and O–H groups in total. The number of piperidine rings is 1. The maximum absolute atomic E-state index is 5.00. The molecule has 1 fully saturated rings. The van der Waals surface area contributed by atoms with E-state index in [2.05, 4.69) is 86.7 Å². The molecule has 0 aliphatic carbocycles. The summed E-state index contributed by atoms with van der Waals surface area (Å²) in [4.78, 5) is 11.9. The van der Waals surface area contributed by atoms with Crippen LogP contribution in [-0.4, -0.2) is 37.1 Å². The zero-order chi connectivity index (χ0) is 20.3. The van der Waals surface area contributed by atoms with Crippen LogP contribution in [0.25, 0.3) is 11.0 Å².